The van der Waals surface area contributed by atoms with Crippen LogP contribution in [-0.4, -0.2) is 49.5 Å². The fourth-order valence-corrected chi connectivity index (χ4v) is 3.91. The van der Waals surface area contributed by atoms with Crippen LogP contribution >= 0.6 is 0 Å². The number of carbonyl (C=O) groups excluding carboxylic acids is 3. The van der Waals surface area contributed by atoms with Crippen LogP contribution in [0, 0.1) is 6.92 Å². The molecule has 0 aliphatic carbocycles. The smallest absolute Gasteiger partial charge is 0.261 e. The SMILES string of the molecule is COCCCN1C(=O)c2ccc(C(=O)NC3CCOc4ccc(C)cc43)cc2C1=O. The van der Waals surface area contributed by atoms with Gasteiger partial charge in [-0.25, -0.2) is 0 Å². The largest absolute Gasteiger partial charge is 0.493 e. The van der Waals surface area contributed by atoms with Gasteiger partial charge in [0.25, 0.3) is 17.7 Å². The number of hydrogen-bond donors (Lipinski definition) is 1. The van der Waals surface area contributed by atoms with E-state index in [1.165, 1.54) is 11.0 Å². The zero-order valence-electron chi connectivity index (χ0n) is 17.1. The first-order chi connectivity index (χ1) is 14.5. The van der Waals surface area contributed by atoms with Gasteiger partial charge in [-0.2, -0.15) is 0 Å². The molecule has 2 aliphatic rings. The molecule has 7 heteroatoms. The van der Waals surface area contributed by atoms with Gasteiger partial charge in [0, 0.05) is 37.8 Å². The van der Waals surface area contributed by atoms with Crippen LogP contribution in [0.25, 0.3) is 0 Å². The minimum Gasteiger partial charge on any atom is -0.493 e. The van der Waals surface area contributed by atoms with Crippen molar-refractivity contribution in [3.05, 3.63) is 64.2 Å². The average molecular weight is 408 g/mol. The van der Waals surface area contributed by atoms with Gasteiger partial charge in [-0.05, 0) is 37.6 Å². The zero-order valence-corrected chi connectivity index (χ0v) is 17.1. The standard InChI is InChI=1S/C23H24N2O5/c1-14-4-7-20-18(12-14)19(8-11-30-20)24-21(26)15-5-6-16-17(13-15)23(28)25(22(16)27)9-3-10-29-2/h4-7,12-13,19H,3,8-11H2,1-2H3,(H,24,26). The molecule has 0 spiro atoms. The lowest BCUT2D eigenvalue weighted by Crippen LogP contribution is -2.32. The lowest BCUT2D eigenvalue weighted by Gasteiger charge is -2.27. The highest BCUT2D eigenvalue weighted by Crippen LogP contribution is 2.33. The molecule has 0 saturated heterocycles. The maximum atomic E-state index is 12.9. The molecule has 7 nitrogen and oxygen atoms in total. The molecule has 4 rings (SSSR count). The summed E-state index contributed by atoms with van der Waals surface area (Å²) in [7, 11) is 1.57. The summed E-state index contributed by atoms with van der Waals surface area (Å²) in [6, 6.07) is 10.4. The van der Waals surface area contributed by atoms with Crippen LogP contribution in [0.5, 0.6) is 5.75 Å². The molecule has 0 bridgehead atoms. The van der Waals surface area contributed by atoms with E-state index in [2.05, 4.69) is 5.32 Å². The number of amides is 3. The van der Waals surface area contributed by atoms with Gasteiger partial charge < -0.3 is 14.8 Å². The highest BCUT2D eigenvalue weighted by atomic mass is 16.5. The van der Waals surface area contributed by atoms with Crippen molar-refractivity contribution in [2.24, 2.45) is 0 Å². The Morgan fingerprint density at radius 2 is 1.97 bits per heavy atom. The van der Waals surface area contributed by atoms with E-state index in [0.29, 0.717) is 43.7 Å². The lowest BCUT2D eigenvalue weighted by atomic mass is 9.98. The number of nitrogens with one attached hydrogen (secondary N) is 1. The van der Waals surface area contributed by atoms with Crippen LogP contribution in [0.4, 0.5) is 0 Å². The van der Waals surface area contributed by atoms with Crippen molar-refractivity contribution < 1.29 is 23.9 Å². The Bertz CT molecular complexity index is 1020. The van der Waals surface area contributed by atoms with Crippen molar-refractivity contribution in [1.82, 2.24) is 10.2 Å². The second kappa shape index (κ2) is 8.28. The van der Waals surface area contributed by atoms with Gasteiger partial charge in [0.05, 0.1) is 23.8 Å². The monoisotopic (exact) mass is 408 g/mol. The number of hydrogen-bond acceptors (Lipinski definition) is 5. The molecule has 2 aromatic rings. The molecule has 2 aliphatic heterocycles. The molecule has 0 saturated carbocycles. The number of fused-ring (bicyclic) bond motifs is 2. The molecule has 3 amide bonds. The first kappa shape index (κ1) is 20.1. The summed E-state index contributed by atoms with van der Waals surface area (Å²) in [6.07, 6.45) is 1.23. The van der Waals surface area contributed by atoms with Gasteiger partial charge >= 0.3 is 0 Å². The fraction of sp³-hybridized carbons (Fsp3) is 0.348. The van der Waals surface area contributed by atoms with E-state index in [1.54, 1.807) is 19.2 Å². The number of methoxy groups -OCH3 is 1. The summed E-state index contributed by atoms with van der Waals surface area (Å²) in [6.45, 7) is 3.27. The van der Waals surface area contributed by atoms with Gasteiger partial charge in [0.2, 0.25) is 0 Å². The van der Waals surface area contributed by atoms with E-state index in [0.717, 1.165) is 16.9 Å². The van der Waals surface area contributed by atoms with Gasteiger partial charge in [-0.15, -0.1) is 0 Å². The summed E-state index contributed by atoms with van der Waals surface area (Å²) in [5.41, 5.74) is 3.00. The molecular weight excluding hydrogens is 384 g/mol. The summed E-state index contributed by atoms with van der Waals surface area (Å²) >= 11 is 0. The molecule has 30 heavy (non-hydrogen) atoms. The van der Waals surface area contributed by atoms with Crippen LogP contribution in [0.1, 0.15) is 61.1 Å². The van der Waals surface area contributed by atoms with Gasteiger partial charge in [0.1, 0.15) is 5.75 Å². The Morgan fingerprint density at radius 1 is 1.17 bits per heavy atom. The number of aryl methyl sites for hydroxylation is 1. The molecular formula is C23H24N2O5. The Kier molecular flexibility index (Phi) is 5.55. The lowest BCUT2D eigenvalue weighted by molar-refractivity contribution is 0.0638. The molecule has 0 aromatic heterocycles. The number of nitrogens with zero attached hydrogens (tertiary/aromatic N) is 1. The Labute approximate surface area is 175 Å². The first-order valence-corrected chi connectivity index (χ1v) is 10.0. The third kappa shape index (κ3) is 3.68. The molecule has 1 N–H and O–H groups in total. The molecule has 2 aromatic carbocycles. The van der Waals surface area contributed by atoms with Crippen molar-refractivity contribution in [1.29, 1.82) is 0 Å². The second-order valence-corrected chi connectivity index (χ2v) is 7.57. The van der Waals surface area contributed by atoms with Crippen LogP contribution < -0.4 is 10.1 Å². The number of rotatable bonds is 6. The third-order valence-electron chi connectivity index (χ3n) is 5.47. The van der Waals surface area contributed by atoms with Crippen LogP contribution in [0.3, 0.4) is 0 Å². The van der Waals surface area contributed by atoms with Gasteiger partial charge in [-0.1, -0.05) is 17.7 Å². The topological polar surface area (TPSA) is 84.9 Å². The predicted molar refractivity (Wildman–Crippen MR) is 110 cm³/mol. The minimum atomic E-state index is -0.368. The zero-order chi connectivity index (χ0) is 21.3. The van der Waals surface area contributed by atoms with Crippen molar-refractivity contribution in [3.8, 4) is 5.75 Å². The predicted octanol–water partition coefficient (Wildman–Crippen LogP) is 2.88. The fourth-order valence-electron chi connectivity index (χ4n) is 3.91. The molecule has 156 valence electrons. The molecule has 0 fully saturated rings. The Balaban J connectivity index is 1.52. The third-order valence-corrected chi connectivity index (χ3v) is 5.47. The average Bonchev–Trinajstić information content (AvgIpc) is 2.98. The summed E-state index contributed by atoms with van der Waals surface area (Å²) < 4.78 is 10.7. The summed E-state index contributed by atoms with van der Waals surface area (Å²) in [5.74, 6) is -0.200. The van der Waals surface area contributed by atoms with Gasteiger partial charge in [0.15, 0.2) is 0 Å². The molecule has 1 unspecified atom stereocenters. The molecule has 2 heterocycles. The highest BCUT2D eigenvalue weighted by molar-refractivity contribution is 6.22. The quantitative estimate of drug-likeness (QED) is 0.587. The summed E-state index contributed by atoms with van der Waals surface area (Å²) in [5, 5.41) is 3.04. The number of ether oxygens (including phenoxy) is 2. The van der Waals surface area contributed by atoms with E-state index in [-0.39, 0.29) is 29.3 Å². The number of imide groups is 1. The molecule has 0 radical (unpaired) electrons. The van der Waals surface area contributed by atoms with E-state index in [4.69, 9.17) is 9.47 Å². The van der Waals surface area contributed by atoms with Crippen LogP contribution in [0.15, 0.2) is 36.4 Å². The maximum Gasteiger partial charge on any atom is 0.261 e. The second-order valence-electron chi connectivity index (χ2n) is 7.57. The van der Waals surface area contributed by atoms with E-state index >= 15 is 0 Å². The van der Waals surface area contributed by atoms with Crippen molar-refractivity contribution >= 4 is 17.7 Å². The van der Waals surface area contributed by atoms with Crippen molar-refractivity contribution in [2.75, 3.05) is 26.9 Å². The van der Waals surface area contributed by atoms with Crippen molar-refractivity contribution in [3.63, 3.8) is 0 Å². The normalized spacial score (nSPS) is 17.4. The first-order valence-electron chi connectivity index (χ1n) is 10.0. The maximum absolute atomic E-state index is 12.9. The van der Waals surface area contributed by atoms with E-state index in [9.17, 15) is 14.4 Å². The number of benzene rings is 2. The Hall–Kier alpha value is -3.19. The number of carbonyl (C=O) groups is 3. The van der Waals surface area contributed by atoms with Crippen LogP contribution in [-0.2, 0) is 4.74 Å². The summed E-state index contributed by atoms with van der Waals surface area (Å²) in [4.78, 5) is 39.3. The molecule has 1 atom stereocenters. The van der Waals surface area contributed by atoms with Crippen molar-refractivity contribution in [2.45, 2.75) is 25.8 Å². The Morgan fingerprint density at radius 3 is 2.77 bits per heavy atom. The van der Waals surface area contributed by atoms with Gasteiger partial charge in [-0.3, -0.25) is 19.3 Å². The van der Waals surface area contributed by atoms with Crippen LogP contribution in [0.2, 0.25) is 0 Å². The van der Waals surface area contributed by atoms with E-state index in [1.807, 2.05) is 25.1 Å². The highest BCUT2D eigenvalue weighted by Gasteiger charge is 2.35. The minimum absolute atomic E-state index is 0.169. The van der Waals surface area contributed by atoms with E-state index < -0.39 is 0 Å².